The molecule has 14 nitrogen and oxygen atoms in total. The highest BCUT2D eigenvalue weighted by atomic mass is 35.5. The van der Waals surface area contributed by atoms with Gasteiger partial charge in [0.05, 0.1) is 35.3 Å². The number of carbonyl (C=O) groups is 2. The quantitative estimate of drug-likeness (QED) is 0.135. The number of aliphatic hydroxyl groups excluding tert-OH is 2. The van der Waals surface area contributed by atoms with E-state index in [0.29, 0.717) is 43.4 Å². The SMILES string of the molecule is O=C(O)CCC(O)Cn1cnn2cc(-c3cccc(-c4cccc(-c5cc6c(=O)n(CC(O)CCC(=O)O)cnn6c5)c4Cl)c3Cl)cc2c1=O. The number of aromatic nitrogens is 6. The molecule has 0 spiro atoms. The van der Waals surface area contributed by atoms with Crippen LogP contribution in [0.15, 0.2) is 83.2 Å². The van der Waals surface area contributed by atoms with E-state index >= 15 is 0 Å². The first-order valence-electron chi connectivity index (χ1n) is 15.4. The van der Waals surface area contributed by atoms with Crippen molar-refractivity contribution < 1.29 is 30.0 Å². The summed E-state index contributed by atoms with van der Waals surface area (Å²) in [6, 6.07) is 14.1. The van der Waals surface area contributed by atoms with Crippen LogP contribution in [-0.2, 0) is 22.7 Å². The van der Waals surface area contributed by atoms with Crippen LogP contribution < -0.4 is 11.1 Å². The number of aliphatic hydroxyl groups is 2. The van der Waals surface area contributed by atoms with E-state index in [2.05, 4.69) is 10.2 Å². The molecule has 2 atom stereocenters. The lowest BCUT2D eigenvalue weighted by Gasteiger charge is -2.13. The van der Waals surface area contributed by atoms with Crippen molar-refractivity contribution in [3.8, 4) is 33.4 Å². The van der Waals surface area contributed by atoms with Crippen molar-refractivity contribution in [2.75, 3.05) is 0 Å². The molecule has 0 saturated heterocycles. The first-order chi connectivity index (χ1) is 23.9. The lowest BCUT2D eigenvalue weighted by atomic mass is 9.97. The molecule has 50 heavy (non-hydrogen) atoms. The second-order valence-corrected chi connectivity index (χ2v) is 12.6. The van der Waals surface area contributed by atoms with Crippen LogP contribution in [0, 0.1) is 0 Å². The Bertz CT molecular complexity index is 2210. The van der Waals surface area contributed by atoms with Crippen molar-refractivity contribution in [1.29, 1.82) is 0 Å². The second kappa shape index (κ2) is 14.3. The lowest BCUT2D eigenvalue weighted by molar-refractivity contribution is -0.138. The smallest absolute Gasteiger partial charge is 0.303 e. The van der Waals surface area contributed by atoms with E-state index in [0.717, 1.165) is 0 Å². The summed E-state index contributed by atoms with van der Waals surface area (Å²) in [6.45, 7) is -0.217. The Balaban J connectivity index is 1.31. The number of rotatable bonds is 13. The normalized spacial score (nSPS) is 12.8. The van der Waals surface area contributed by atoms with Crippen molar-refractivity contribution in [2.24, 2.45) is 0 Å². The molecule has 6 aromatic rings. The van der Waals surface area contributed by atoms with E-state index in [9.17, 15) is 29.4 Å². The fourth-order valence-corrected chi connectivity index (χ4v) is 6.42. The van der Waals surface area contributed by atoms with Gasteiger partial charge in [-0.15, -0.1) is 0 Å². The van der Waals surface area contributed by atoms with Crippen LogP contribution in [0.3, 0.4) is 0 Å². The maximum Gasteiger partial charge on any atom is 0.303 e. The van der Waals surface area contributed by atoms with Crippen LogP contribution in [0.5, 0.6) is 0 Å². The molecule has 6 rings (SSSR count). The predicted octanol–water partition coefficient (Wildman–Crippen LogP) is 4.06. The molecule has 4 aromatic heterocycles. The van der Waals surface area contributed by atoms with Gasteiger partial charge >= 0.3 is 11.9 Å². The summed E-state index contributed by atoms with van der Waals surface area (Å²) in [5, 5.41) is 47.5. The predicted molar refractivity (Wildman–Crippen MR) is 185 cm³/mol. The second-order valence-electron chi connectivity index (χ2n) is 11.8. The number of fused-ring (bicyclic) bond motifs is 2. The molecule has 0 bridgehead atoms. The van der Waals surface area contributed by atoms with Gasteiger partial charge in [0.25, 0.3) is 11.1 Å². The molecule has 0 saturated carbocycles. The maximum absolute atomic E-state index is 13.2. The molecule has 2 unspecified atom stereocenters. The maximum atomic E-state index is 13.2. The van der Waals surface area contributed by atoms with E-state index in [4.69, 9.17) is 33.4 Å². The van der Waals surface area contributed by atoms with Gasteiger partial charge in [0.1, 0.15) is 23.7 Å². The summed E-state index contributed by atoms with van der Waals surface area (Å²) in [7, 11) is 0. The first kappa shape index (κ1) is 34.6. The fourth-order valence-electron chi connectivity index (χ4n) is 5.75. The molecule has 0 aliphatic rings. The highest BCUT2D eigenvalue weighted by Gasteiger charge is 2.19. The Morgan fingerprint density at radius 1 is 0.660 bits per heavy atom. The third kappa shape index (κ3) is 7.05. The Hall–Kier alpha value is -5.28. The standard InChI is InChI=1S/C34H30Cl2N6O8/c35-31-23(19-11-27-33(49)39(17-37-41(27)13-19)15-21(43)7-9-29(45)46)3-1-5-25(31)26-6-2-4-24(32(26)36)20-12-28-34(50)40(18-38-42(28)14-20)16-22(44)8-10-30(47)48/h1-6,11-14,17-18,21-22,43-44H,7-10,15-16H2,(H,45,46)(H,47,48). The number of hydrogen-bond acceptors (Lipinski definition) is 8. The number of carboxylic acids is 2. The molecule has 0 amide bonds. The first-order valence-corrected chi connectivity index (χ1v) is 16.2. The summed E-state index contributed by atoms with van der Waals surface area (Å²) in [6.07, 6.45) is 3.34. The Labute approximate surface area is 292 Å². The minimum Gasteiger partial charge on any atom is -0.481 e. The number of hydrogen-bond donors (Lipinski definition) is 4. The highest BCUT2D eigenvalue weighted by Crippen LogP contribution is 2.42. The van der Waals surface area contributed by atoms with Gasteiger partial charge in [0.15, 0.2) is 0 Å². The lowest BCUT2D eigenvalue weighted by Crippen LogP contribution is -2.28. The van der Waals surface area contributed by atoms with Crippen molar-refractivity contribution in [3.05, 3.63) is 104 Å². The number of halogens is 2. The van der Waals surface area contributed by atoms with E-state index in [1.165, 1.54) is 30.8 Å². The molecule has 4 heterocycles. The average Bonchev–Trinajstić information content (AvgIpc) is 3.72. The summed E-state index contributed by atoms with van der Waals surface area (Å²) in [5.74, 6) is -2.08. The third-order valence-electron chi connectivity index (χ3n) is 8.30. The minimum absolute atomic E-state index is 0.00831. The number of nitrogens with zero attached hydrogens (tertiary/aromatic N) is 6. The van der Waals surface area contributed by atoms with Gasteiger partial charge in [0, 0.05) is 58.6 Å². The molecule has 0 aliphatic carbocycles. The number of benzene rings is 2. The van der Waals surface area contributed by atoms with E-state index < -0.39 is 35.3 Å². The summed E-state index contributed by atoms with van der Waals surface area (Å²) in [5.41, 5.74) is 3.27. The molecule has 0 radical (unpaired) electrons. The van der Waals surface area contributed by atoms with E-state index in [-0.39, 0.29) is 49.8 Å². The van der Waals surface area contributed by atoms with Gasteiger partial charge in [-0.1, -0.05) is 59.6 Å². The van der Waals surface area contributed by atoms with Gasteiger partial charge in [-0.3, -0.25) is 28.3 Å². The fraction of sp³-hybridized carbons (Fsp3) is 0.235. The van der Waals surface area contributed by atoms with Crippen molar-refractivity contribution in [2.45, 2.75) is 51.0 Å². The van der Waals surface area contributed by atoms with Gasteiger partial charge in [0.2, 0.25) is 0 Å². The zero-order valence-corrected chi connectivity index (χ0v) is 27.7. The molecule has 4 N–H and O–H groups in total. The molecule has 0 fully saturated rings. The Kier molecular flexibility index (Phi) is 9.88. The van der Waals surface area contributed by atoms with Crippen LogP contribution in [-0.4, -0.2) is 72.9 Å². The molecule has 0 aliphatic heterocycles. The zero-order chi connectivity index (χ0) is 35.7. The average molecular weight is 722 g/mol. The molecular weight excluding hydrogens is 691 g/mol. The topological polar surface area (TPSA) is 194 Å². The highest BCUT2D eigenvalue weighted by molar-refractivity contribution is 6.39. The van der Waals surface area contributed by atoms with Crippen molar-refractivity contribution in [1.82, 2.24) is 28.4 Å². The number of aliphatic carboxylic acids is 2. The van der Waals surface area contributed by atoms with E-state index in [1.807, 2.05) is 12.1 Å². The van der Waals surface area contributed by atoms with Gasteiger partial charge in [-0.25, -0.2) is 9.03 Å². The monoisotopic (exact) mass is 720 g/mol. The minimum atomic E-state index is -1.04. The zero-order valence-electron chi connectivity index (χ0n) is 26.2. The largest absolute Gasteiger partial charge is 0.481 e. The van der Waals surface area contributed by atoms with Crippen LogP contribution >= 0.6 is 23.2 Å². The summed E-state index contributed by atoms with van der Waals surface area (Å²) < 4.78 is 5.28. The van der Waals surface area contributed by atoms with Crippen LogP contribution in [0.2, 0.25) is 10.0 Å². The van der Waals surface area contributed by atoms with Crippen LogP contribution in [0.1, 0.15) is 25.7 Å². The summed E-state index contributed by atoms with van der Waals surface area (Å²) >= 11 is 14.0. The van der Waals surface area contributed by atoms with E-state index in [1.54, 1.807) is 48.8 Å². The Morgan fingerprint density at radius 2 is 1.04 bits per heavy atom. The molecule has 2 aromatic carbocycles. The molecule has 16 heteroatoms. The Morgan fingerprint density at radius 3 is 1.42 bits per heavy atom. The summed E-state index contributed by atoms with van der Waals surface area (Å²) in [4.78, 5) is 48.1. The van der Waals surface area contributed by atoms with Gasteiger partial charge in [-0.2, -0.15) is 10.2 Å². The third-order valence-corrected chi connectivity index (χ3v) is 9.11. The van der Waals surface area contributed by atoms with Gasteiger partial charge in [-0.05, 0) is 25.0 Å². The van der Waals surface area contributed by atoms with Gasteiger partial charge < -0.3 is 20.4 Å². The van der Waals surface area contributed by atoms with Crippen LogP contribution in [0.25, 0.3) is 44.4 Å². The molecular formula is C34H30Cl2N6O8. The number of carboxylic acid groups (broad SMARTS) is 2. The van der Waals surface area contributed by atoms with Crippen molar-refractivity contribution in [3.63, 3.8) is 0 Å². The van der Waals surface area contributed by atoms with Crippen LogP contribution in [0.4, 0.5) is 0 Å². The van der Waals surface area contributed by atoms with Crippen molar-refractivity contribution >= 4 is 46.2 Å². The molecule has 258 valence electrons.